The van der Waals surface area contributed by atoms with E-state index in [9.17, 15) is 4.79 Å². The first kappa shape index (κ1) is 9.45. The number of aromatic nitrogens is 2. The zero-order valence-electron chi connectivity index (χ0n) is 7.14. The van der Waals surface area contributed by atoms with Crippen molar-refractivity contribution in [2.24, 2.45) is 0 Å². The second-order valence-corrected chi connectivity index (χ2v) is 3.53. The lowest BCUT2D eigenvalue weighted by Crippen LogP contribution is -2.10. The summed E-state index contributed by atoms with van der Waals surface area (Å²) in [5.41, 5.74) is 1.37. The van der Waals surface area contributed by atoms with Gasteiger partial charge in [-0.25, -0.2) is 14.3 Å². The highest BCUT2D eigenvalue weighted by molar-refractivity contribution is 14.1. The molecule has 0 atom stereocenters. The van der Waals surface area contributed by atoms with Crippen molar-refractivity contribution in [2.75, 3.05) is 0 Å². The third-order valence-corrected chi connectivity index (χ3v) is 2.62. The molecule has 72 valence electrons. The maximum atomic E-state index is 11.0. The zero-order chi connectivity index (χ0) is 10.1. The van der Waals surface area contributed by atoms with Crippen LogP contribution < -0.4 is 0 Å². The fraction of sp³-hybridized carbons (Fsp3) is 0.111. The third-order valence-electron chi connectivity index (χ3n) is 1.94. The second-order valence-electron chi connectivity index (χ2n) is 2.77. The summed E-state index contributed by atoms with van der Waals surface area (Å²) in [6, 6.07) is 7.22. The average Bonchev–Trinajstić information content (AvgIpc) is 2.55. The van der Waals surface area contributed by atoms with Crippen LogP contribution in [0, 0.1) is 0 Å². The van der Waals surface area contributed by atoms with E-state index in [1.165, 1.54) is 4.57 Å². The van der Waals surface area contributed by atoms with Crippen LogP contribution in [0.3, 0.4) is 0 Å². The van der Waals surface area contributed by atoms with Crippen molar-refractivity contribution >= 4 is 39.7 Å². The predicted molar refractivity (Wildman–Crippen MR) is 60.9 cm³/mol. The number of imidazole rings is 1. The van der Waals surface area contributed by atoms with Crippen LogP contribution in [0.5, 0.6) is 0 Å². The molecule has 4 nitrogen and oxygen atoms in total. The lowest BCUT2D eigenvalue weighted by atomic mass is 10.3. The number of hydrogen-bond donors (Lipinski definition) is 1. The molecular formula is C9H7IN2O2. The molecule has 0 spiro atoms. The van der Waals surface area contributed by atoms with E-state index in [1.807, 2.05) is 12.1 Å². The number of carboxylic acid groups (broad SMARTS) is 1. The van der Waals surface area contributed by atoms with Crippen LogP contribution in [0.4, 0.5) is 4.79 Å². The fourth-order valence-corrected chi connectivity index (χ4v) is 1.89. The average molecular weight is 302 g/mol. The van der Waals surface area contributed by atoms with E-state index in [-0.39, 0.29) is 0 Å². The Labute approximate surface area is 93.7 Å². The minimum atomic E-state index is -0.981. The van der Waals surface area contributed by atoms with Gasteiger partial charge in [0.05, 0.1) is 15.5 Å². The third kappa shape index (κ3) is 1.37. The highest BCUT2D eigenvalue weighted by Gasteiger charge is 2.13. The van der Waals surface area contributed by atoms with Crippen molar-refractivity contribution in [3.8, 4) is 0 Å². The topological polar surface area (TPSA) is 55.1 Å². The van der Waals surface area contributed by atoms with E-state index < -0.39 is 6.09 Å². The monoisotopic (exact) mass is 302 g/mol. The van der Waals surface area contributed by atoms with E-state index in [0.29, 0.717) is 15.8 Å². The summed E-state index contributed by atoms with van der Waals surface area (Å²) in [6.07, 6.45) is -0.981. The van der Waals surface area contributed by atoms with Gasteiger partial charge in [0.25, 0.3) is 0 Å². The van der Waals surface area contributed by atoms with Crippen molar-refractivity contribution < 1.29 is 9.90 Å². The van der Waals surface area contributed by atoms with Gasteiger partial charge < -0.3 is 5.11 Å². The molecule has 1 aromatic heterocycles. The predicted octanol–water partition coefficient (Wildman–Crippen LogP) is 2.50. The molecule has 1 heterocycles. The van der Waals surface area contributed by atoms with Gasteiger partial charge in [-0.15, -0.1) is 0 Å². The van der Waals surface area contributed by atoms with Crippen LogP contribution in [0.15, 0.2) is 24.3 Å². The van der Waals surface area contributed by atoms with E-state index in [1.54, 1.807) is 12.1 Å². The lowest BCUT2D eigenvalue weighted by Gasteiger charge is -1.98. The van der Waals surface area contributed by atoms with E-state index >= 15 is 0 Å². The number of alkyl halides is 1. The number of rotatable bonds is 1. The summed E-state index contributed by atoms with van der Waals surface area (Å²) in [7, 11) is 0. The van der Waals surface area contributed by atoms with Gasteiger partial charge in [0, 0.05) is 0 Å². The Bertz CT molecular complexity index is 493. The molecule has 0 aliphatic carbocycles. The second kappa shape index (κ2) is 3.56. The van der Waals surface area contributed by atoms with Gasteiger partial charge >= 0.3 is 6.09 Å². The van der Waals surface area contributed by atoms with E-state index in [0.717, 1.165) is 5.52 Å². The van der Waals surface area contributed by atoms with Crippen molar-refractivity contribution in [3.63, 3.8) is 0 Å². The molecule has 0 saturated heterocycles. The Morgan fingerprint density at radius 3 is 2.86 bits per heavy atom. The van der Waals surface area contributed by atoms with Crippen molar-refractivity contribution in [2.45, 2.75) is 4.43 Å². The number of benzene rings is 1. The van der Waals surface area contributed by atoms with E-state index in [4.69, 9.17) is 5.11 Å². The molecule has 0 unspecified atom stereocenters. The van der Waals surface area contributed by atoms with Crippen LogP contribution in [0.1, 0.15) is 5.82 Å². The fourth-order valence-electron chi connectivity index (χ4n) is 1.38. The first-order chi connectivity index (χ1) is 6.74. The van der Waals surface area contributed by atoms with Crippen molar-refractivity contribution in [3.05, 3.63) is 30.1 Å². The minimum absolute atomic E-state index is 0.569. The minimum Gasteiger partial charge on any atom is -0.464 e. The maximum Gasteiger partial charge on any atom is 0.417 e. The highest BCUT2D eigenvalue weighted by atomic mass is 127. The highest BCUT2D eigenvalue weighted by Crippen LogP contribution is 2.17. The van der Waals surface area contributed by atoms with E-state index in [2.05, 4.69) is 27.6 Å². The summed E-state index contributed by atoms with van der Waals surface area (Å²) in [5.74, 6) is 0.569. The summed E-state index contributed by atoms with van der Waals surface area (Å²) < 4.78 is 1.81. The van der Waals surface area contributed by atoms with Gasteiger partial charge in [-0.1, -0.05) is 34.7 Å². The lowest BCUT2D eigenvalue weighted by molar-refractivity contribution is 0.196. The molecule has 0 saturated carbocycles. The number of halogens is 1. The quantitative estimate of drug-likeness (QED) is 0.650. The number of para-hydroxylation sites is 2. The summed E-state index contributed by atoms with van der Waals surface area (Å²) >= 11 is 2.10. The van der Waals surface area contributed by atoms with Crippen LogP contribution in [-0.2, 0) is 4.43 Å². The maximum absolute atomic E-state index is 11.0. The molecule has 0 radical (unpaired) electrons. The molecule has 0 aliphatic rings. The molecular weight excluding hydrogens is 295 g/mol. The molecule has 14 heavy (non-hydrogen) atoms. The standard InChI is InChI=1S/C9H7IN2O2/c10-5-8-11-6-3-1-2-4-7(6)12(8)9(13)14/h1-4H,5H2,(H,13,14). The Balaban J connectivity index is 2.81. The van der Waals surface area contributed by atoms with Crippen LogP contribution >= 0.6 is 22.6 Å². The van der Waals surface area contributed by atoms with Gasteiger partial charge in [0.1, 0.15) is 5.82 Å². The molecule has 5 heteroatoms. The van der Waals surface area contributed by atoms with Gasteiger partial charge in [-0.3, -0.25) is 0 Å². The Morgan fingerprint density at radius 1 is 1.50 bits per heavy atom. The molecule has 1 N–H and O–H groups in total. The number of nitrogens with zero attached hydrogens (tertiary/aromatic N) is 2. The molecule has 0 aliphatic heterocycles. The molecule has 2 rings (SSSR count). The molecule has 0 fully saturated rings. The van der Waals surface area contributed by atoms with Gasteiger partial charge in [0.15, 0.2) is 0 Å². The number of carbonyl (C=O) groups is 1. The molecule has 2 aromatic rings. The van der Waals surface area contributed by atoms with Gasteiger partial charge in [-0.2, -0.15) is 0 Å². The zero-order valence-corrected chi connectivity index (χ0v) is 9.30. The first-order valence-corrected chi connectivity index (χ1v) is 5.52. The molecule has 1 aromatic carbocycles. The molecule has 0 bridgehead atoms. The summed E-state index contributed by atoms with van der Waals surface area (Å²) in [5, 5.41) is 9.00. The van der Waals surface area contributed by atoms with Gasteiger partial charge in [0.2, 0.25) is 0 Å². The van der Waals surface area contributed by atoms with Crippen LogP contribution in [0.25, 0.3) is 11.0 Å². The SMILES string of the molecule is O=C(O)n1c(CI)nc2ccccc21. The first-order valence-electron chi connectivity index (χ1n) is 3.99. The van der Waals surface area contributed by atoms with Crippen LogP contribution in [0.2, 0.25) is 0 Å². The summed E-state index contributed by atoms with van der Waals surface area (Å²) in [4.78, 5) is 15.2. The Morgan fingerprint density at radius 2 is 2.21 bits per heavy atom. The van der Waals surface area contributed by atoms with Gasteiger partial charge in [-0.05, 0) is 12.1 Å². The van der Waals surface area contributed by atoms with Crippen molar-refractivity contribution in [1.29, 1.82) is 0 Å². The number of fused-ring (bicyclic) bond motifs is 1. The number of hydrogen-bond acceptors (Lipinski definition) is 2. The van der Waals surface area contributed by atoms with Crippen molar-refractivity contribution in [1.82, 2.24) is 9.55 Å². The normalized spacial score (nSPS) is 10.6. The summed E-state index contributed by atoms with van der Waals surface area (Å²) in [6.45, 7) is 0. The Hall–Kier alpha value is -1.11. The molecule has 0 amide bonds. The smallest absolute Gasteiger partial charge is 0.417 e. The largest absolute Gasteiger partial charge is 0.464 e. The van der Waals surface area contributed by atoms with Crippen LogP contribution in [-0.4, -0.2) is 20.8 Å². The Kier molecular flexibility index (Phi) is 2.40.